The van der Waals surface area contributed by atoms with Gasteiger partial charge in [-0.15, -0.1) is 0 Å². The normalized spacial score (nSPS) is 18.2. The summed E-state index contributed by atoms with van der Waals surface area (Å²) in [7, 11) is -1.99. The molecule has 0 aromatic heterocycles. The average molecular weight is 854 g/mol. The highest BCUT2D eigenvalue weighted by atomic mass is 32.2. The highest BCUT2D eigenvalue weighted by Crippen LogP contribution is 2.39. The second kappa shape index (κ2) is 20.6. The molecule has 1 aliphatic rings. The van der Waals surface area contributed by atoms with Crippen molar-refractivity contribution in [3.8, 4) is 11.1 Å². The molecular weight excluding hydrogens is 799 g/mol. The molecule has 0 spiro atoms. The molecule has 1 fully saturated rings. The molecule has 6 aromatic rings. The van der Waals surface area contributed by atoms with Gasteiger partial charge in [0.15, 0.2) is 6.29 Å². The van der Waals surface area contributed by atoms with Gasteiger partial charge in [-0.2, -0.15) is 4.72 Å². The number of amides is 1. The van der Waals surface area contributed by atoms with Gasteiger partial charge in [-0.05, 0) is 78.4 Å². The maximum absolute atomic E-state index is 13.8. The first kappa shape index (κ1) is 44.6. The van der Waals surface area contributed by atoms with E-state index in [0.717, 1.165) is 50.1 Å². The molecular formula is C51H55N3O7S. The highest BCUT2D eigenvalue weighted by Gasteiger charge is 2.34. The lowest BCUT2D eigenvalue weighted by Crippen LogP contribution is -2.47. The fourth-order valence-corrected chi connectivity index (χ4v) is 8.98. The van der Waals surface area contributed by atoms with E-state index in [1.165, 1.54) is 12.1 Å². The molecule has 0 bridgehead atoms. The molecule has 7 rings (SSSR count). The van der Waals surface area contributed by atoms with Gasteiger partial charge < -0.3 is 25.0 Å². The number of likely N-dealkylation sites (N-methyl/N-ethyl adjacent to an activating group) is 1. The van der Waals surface area contributed by atoms with Crippen LogP contribution in [0.25, 0.3) is 11.1 Å². The van der Waals surface area contributed by atoms with Crippen molar-refractivity contribution in [1.29, 1.82) is 0 Å². The van der Waals surface area contributed by atoms with E-state index in [9.17, 15) is 23.4 Å². The number of hydrogen-bond donors (Lipinski definition) is 4. The third-order valence-electron chi connectivity index (χ3n) is 11.6. The van der Waals surface area contributed by atoms with E-state index < -0.39 is 34.4 Å². The Morgan fingerprint density at radius 3 is 2.08 bits per heavy atom. The number of nitrogens with one attached hydrogen (secondary N) is 2. The molecule has 4 N–H and O–H groups in total. The number of benzene rings is 6. The third-order valence-corrected chi connectivity index (χ3v) is 13.1. The Morgan fingerprint density at radius 1 is 0.774 bits per heavy atom. The van der Waals surface area contributed by atoms with Crippen LogP contribution in [-0.4, -0.2) is 61.2 Å². The van der Waals surface area contributed by atoms with Crippen molar-refractivity contribution >= 4 is 15.9 Å². The highest BCUT2D eigenvalue weighted by molar-refractivity contribution is 7.89. The van der Waals surface area contributed by atoms with Crippen LogP contribution in [0.5, 0.6) is 0 Å². The lowest BCUT2D eigenvalue weighted by Gasteiger charge is -2.39. The number of hydrogen-bond acceptors (Lipinski definition) is 8. The number of carbonyl (C=O) groups is 1. The maximum Gasteiger partial charge on any atom is 0.241 e. The number of sulfonamides is 1. The molecule has 1 amide bonds. The molecule has 0 unspecified atom stereocenters. The van der Waals surface area contributed by atoms with Gasteiger partial charge in [-0.25, -0.2) is 8.42 Å². The Kier molecular flexibility index (Phi) is 14.8. The second-order valence-corrected chi connectivity index (χ2v) is 17.8. The molecule has 0 radical (unpaired) electrons. The summed E-state index contributed by atoms with van der Waals surface area (Å²) in [5.74, 6) is -0.439. The fourth-order valence-electron chi connectivity index (χ4n) is 7.78. The van der Waals surface area contributed by atoms with Crippen LogP contribution in [0.1, 0.15) is 70.8 Å². The molecule has 6 aromatic carbocycles. The molecule has 10 nitrogen and oxygen atoms in total. The zero-order valence-corrected chi connectivity index (χ0v) is 36.1. The van der Waals surface area contributed by atoms with Crippen LogP contribution in [0.4, 0.5) is 0 Å². The number of nitrogens with zero attached hydrogens (tertiary/aromatic N) is 1. The van der Waals surface area contributed by atoms with Crippen molar-refractivity contribution < 1.29 is 32.9 Å². The van der Waals surface area contributed by atoms with Crippen molar-refractivity contribution in [3.63, 3.8) is 0 Å². The van der Waals surface area contributed by atoms with E-state index in [0.29, 0.717) is 13.0 Å². The van der Waals surface area contributed by atoms with Gasteiger partial charge in [0.05, 0.1) is 29.8 Å². The molecule has 0 saturated carbocycles. The van der Waals surface area contributed by atoms with Crippen molar-refractivity contribution in [3.05, 3.63) is 197 Å². The topological polar surface area (TPSA) is 137 Å². The minimum Gasteiger partial charge on any atom is -0.392 e. The van der Waals surface area contributed by atoms with Crippen LogP contribution in [0.15, 0.2) is 163 Å². The number of aliphatic hydroxyl groups is 2. The van der Waals surface area contributed by atoms with Crippen molar-refractivity contribution in [2.45, 2.75) is 81.4 Å². The molecule has 1 saturated heterocycles. The van der Waals surface area contributed by atoms with Crippen LogP contribution in [0, 0.1) is 6.92 Å². The minimum atomic E-state index is -3.99. The minimum absolute atomic E-state index is 0.0424. The second-order valence-electron chi connectivity index (χ2n) is 16.1. The third kappa shape index (κ3) is 11.3. The van der Waals surface area contributed by atoms with Crippen LogP contribution in [0.2, 0.25) is 0 Å². The van der Waals surface area contributed by atoms with Gasteiger partial charge in [0.1, 0.15) is 6.04 Å². The first-order valence-corrected chi connectivity index (χ1v) is 22.5. The summed E-state index contributed by atoms with van der Waals surface area (Å²) < 4.78 is 42.9. The molecule has 11 heteroatoms. The lowest BCUT2D eigenvalue weighted by molar-refractivity contribution is -0.253. The zero-order chi connectivity index (χ0) is 43.6. The number of ether oxygens (including phenoxy) is 2. The van der Waals surface area contributed by atoms with E-state index in [2.05, 4.69) is 14.9 Å². The van der Waals surface area contributed by atoms with E-state index in [1.54, 1.807) is 12.1 Å². The number of aliphatic hydroxyl groups excluding tert-OH is 2. The summed E-state index contributed by atoms with van der Waals surface area (Å²) in [5.41, 5.74) is 7.96. The van der Waals surface area contributed by atoms with Gasteiger partial charge >= 0.3 is 0 Å². The van der Waals surface area contributed by atoms with Crippen molar-refractivity contribution in [1.82, 2.24) is 14.9 Å². The molecule has 322 valence electrons. The maximum atomic E-state index is 13.8. The fraction of sp³-hybridized carbons (Fsp3) is 0.275. The first-order valence-electron chi connectivity index (χ1n) is 21.0. The molecule has 1 aliphatic heterocycles. The Labute approximate surface area is 365 Å². The van der Waals surface area contributed by atoms with Gasteiger partial charge in [0.25, 0.3) is 0 Å². The van der Waals surface area contributed by atoms with E-state index in [1.807, 2.05) is 154 Å². The summed E-state index contributed by atoms with van der Waals surface area (Å²) >= 11 is 0. The Bertz CT molecular complexity index is 2470. The summed E-state index contributed by atoms with van der Waals surface area (Å²) in [6.45, 7) is 4.59. The lowest BCUT2D eigenvalue weighted by atomic mass is 9.97. The SMILES string of the molecule is Cc1ccc(S(=O)(=O)N[C@H](Cc2ccccc2)C(=O)NCc2ccccc2-c2ccc([C@@H]3O[C@H](CN(C)[C@H](C)[C@@H](O)c4ccccc4)C[C@H](c4ccc(CO)cc4)O3)cc2)cc1. The Balaban J connectivity index is 1.07. The molecule has 6 atom stereocenters. The van der Waals surface area contributed by atoms with Crippen LogP contribution < -0.4 is 10.0 Å². The summed E-state index contributed by atoms with van der Waals surface area (Å²) in [4.78, 5) is 16.1. The summed E-state index contributed by atoms with van der Waals surface area (Å²) in [6.07, 6.45) is -1.06. The number of rotatable bonds is 17. The predicted octanol–water partition coefficient (Wildman–Crippen LogP) is 7.96. The van der Waals surface area contributed by atoms with Gasteiger partial charge in [0.2, 0.25) is 15.9 Å². The summed E-state index contributed by atoms with van der Waals surface area (Å²) in [6, 6.07) is 47.9. The zero-order valence-electron chi connectivity index (χ0n) is 35.3. The van der Waals surface area contributed by atoms with Crippen molar-refractivity contribution in [2.24, 2.45) is 0 Å². The standard InChI is InChI=1S/C51H55N3O7S/c1-35-18-28-45(29-19-35)62(58,59)53-47(30-37-12-6-4-7-13-37)50(57)52-32-43-16-10-11-17-46(43)39-24-26-42(27-25-39)51-60-44(31-48(61-51)40-22-20-38(34-55)21-23-40)33-54(3)36(2)49(56)41-14-8-5-9-15-41/h4-29,36,44,47-49,51,53,55-56H,30-34H2,1-3H3,(H,52,57)/t36-,44+,47-,48-,49-,51-/m1/s1. The van der Waals surface area contributed by atoms with Crippen LogP contribution in [0.3, 0.4) is 0 Å². The quantitative estimate of drug-likeness (QED) is 0.0726. The van der Waals surface area contributed by atoms with Gasteiger partial charge in [-0.1, -0.05) is 151 Å². The van der Waals surface area contributed by atoms with Gasteiger partial charge in [-0.3, -0.25) is 9.69 Å². The average Bonchev–Trinajstić information content (AvgIpc) is 3.30. The number of aryl methyl sites for hydroxylation is 1. The van der Waals surface area contributed by atoms with E-state index in [-0.39, 0.29) is 42.7 Å². The van der Waals surface area contributed by atoms with E-state index in [4.69, 9.17) is 9.47 Å². The van der Waals surface area contributed by atoms with E-state index >= 15 is 0 Å². The Morgan fingerprint density at radius 2 is 1.40 bits per heavy atom. The molecule has 1 heterocycles. The summed E-state index contributed by atoms with van der Waals surface area (Å²) in [5, 5.41) is 23.9. The molecule has 0 aliphatic carbocycles. The predicted molar refractivity (Wildman–Crippen MR) is 241 cm³/mol. The van der Waals surface area contributed by atoms with Crippen LogP contribution in [-0.2, 0) is 43.9 Å². The Hall–Kier alpha value is -5.50. The van der Waals surface area contributed by atoms with Crippen molar-refractivity contribution in [2.75, 3.05) is 13.6 Å². The smallest absolute Gasteiger partial charge is 0.241 e. The van der Waals surface area contributed by atoms with Gasteiger partial charge in [0, 0.05) is 31.1 Å². The largest absolute Gasteiger partial charge is 0.392 e. The number of carbonyl (C=O) groups excluding carboxylic acids is 1. The first-order chi connectivity index (χ1) is 30.0. The van der Waals surface area contributed by atoms with Crippen LogP contribution >= 0.6 is 0 Å². The molecule has 62 heavy (non-hydrogen) atoms. The monoisotopic (exact) mass is 853 g/mol.